The molecule has 0 radical (unpaired) electrons. The summed E-state index contributed by atoms with van der Waals surface area (Å²) in [6.45, 7) is 4.45. The molecule has 5 heteroatoms. The van der Waals surface area contributed by atoms with Gasteiger partial charge in [-0.15, -0.1) is 0 Å². The monoisotopic (exact) mass is 242 g/mol. The predicted molar refractivity (Wildman–Crippen MR) is 60.3 cm³/mol. The molecule has 1 aromatic rings. The molecule has 1 aliphatic heterocycles. The van der Waals surface area contributed by atoms with E-state index in [0.717, 1.165) is 30.7 Å². The summed E-state index contributed by atoms with van der Waals surface area (Å²) in [6.07, 6.45) is 1.80. The zero-order valence-electron chi connectivity index (χ0n) is 9.33. The Morgan fingerprint density at radius 1 is 1.44 bits per heavy atom. The Morgan fingerprint density at radius 2 is 2.31 bits per heavy atom. The fourth-order valence-electron chi connectivity index (χ4n) is 1.61. The summed E-state index contributed by atoms with van der Waals surface area (Å²) in [4.78, 5) is 8.65. The van der Waals surface area contributed by atoms with Crippen molar-refractivity contribution < 1.29 is 9.47 Å². The van der Waals surface area contributed by atoms with Crippen LogP contribution in [0.15, 0.2) is 0 Å². The maximum absolute atomic E-state index is 6.07. The summed E-state index contributed by atoms with van der Waals surface area (Å²) in [5.41, 5.74) is 1.92. The average Bonchev–Trinajstić information content (AvgIpc) is 2.30. The van der Waals surface area contributed by atoms with Crippen molar-refractivity contribution in [1.82, 2.24) is 9.97 Å². The molecular formula is C11H15ClN2O2. The SMILES string of the molecule is CCCOCc1nc(Cl)c2c(n1)CCOC2. The number of aromatic nitrogens is 2. The lowest BCUT2D eigenvalue weighted by Gasteiger charge is -2.17. The Kier molecular flexibility index (Phi) is 4.09. The first-order valence-electron chi connectivity index (χ1n) is 5.51. The Morgan fingerprint density at radius 3 is 3.12 bits per heavy atom. The molecule has 0 N–H and O–H groups in total. The van der Waals surface area contributed by atoms with E-state index in [0.29, 0.717) is 30.8 Å². The van der Waals surface area contributed by atoms with Gasteiger partial charge >= 0.3 is 0 Å². The molecule has 0 saturated carbocycles. The number of hydrogen-bond acceptors (Lipinski definition) is 4. The molecular weight excluding hydrogens is 228 g/mol. The van der Waals surface area contributed by atoms with Crippen molar-refractivity contribution in [2.45, 2.75) is 33.0 Å². The van der Waals surface area contributed by atoms with Gasteiger partial charge in [0.05, 0.1) is 18.9 Å². The number of hydrogen-bond donors (Lipinski definition) is 0. The summed E-state index contributed by atoms with van der Waals surface area (Å²) in [7, 11) is 0. The van der Waals surface area contributed by atoms with Gasteiger partial charge < -0.3 is 9.47 Å². The minimum Gasteiger partial charge on any atom is -0.376 e. The topological polar surface area (TPSA) is 44.2 Å². The number of ether oxygens (including phenoxy) is 2. The summed E-state index contributed by atoms with van der Waals surface area (Å²) >= 11 is 6.07. The standard InChI is InChI=1S/C11H15ClN2O2/c1-2-4-15-7-10-13-9-3-5-16-6-8(9)11(12)14-10/h2-7H2,1H3. The van der Waals surface area contributed by atoms with Gasteiger partial charge in [-0.1, -0.05) is 18.5 Å². The summed E-state index contributed by atoms with van der Waals surface area (Å²) in [6, 6.07) is 0. The van der Waals surface area contributed by atoms with E-state index < -0.39 is 0 Å². The van der Waals surface area contributed by atoms with E-state index >= 15 is 0 Å². The normalized spacial score (nSPS) is 14.9. The Hall–Kier alpha value is -0.710. The van der Waals surface area contributed by atoms with Gasteiger partial charge in [0.25, 0.3) is 0 Å². The van der Waals surface area contributed by atoms with E-state index in [-0.39, 0.29) is 0 Å². The molecule has 2 heterocycles. The Labute approximate surface area is 99.9 Å². The van der Waals surface area contributed by atoms with Gasteiger partial charge in [0.1, 0.15) is 11.8 Å². The van der Waals surface area contributed by atoms with Crippen LogP contribution in [-0.4, -0.2) is 23.2 Å². The average molecular weight is 243 g/mol. The highest BCUT2D eigenvalue weighted by Gasteiger charge is 2.16. The fourth-order valence-corrected chi connectivity index (χ4v) is 1.87. The lowest BCUT2D eigenvalue weighted by molar-refractivity contribution is 0.104. The van der Waals surface area contributed by atoms with Gasteiger partial charge in [0.2, 0.25) is 0 Å². The second kappa shape index (κ2) is 5.57. The van der Waals surface area contributed by atoms with Gasteiger partial charge in [-0.2, -0.15) is 0 Å². The molecule has 88 valence electrons. The van der Waals surface area contributed by atoms with Crippen LogP contribution in [0.5, 0.6) is 0 Å². The Bertz CT molecular complexity index is 371. The highest BCUT2D eigenvalue weighted by molar-refractivity contribution is 6.30. The first kappa shape index (κ1) is 11.8. The van der Waals surface area contributed by atoms with E-state index in [1.54, 1.807) is 0 Å². The molecule has 16 heavy (non-hydrogen) atoms. The van der Waals surface area contributed by atoms with Crippen LogP contribution < -0.4 is 0 Å². The summed E-state index contributed by atoms with van der Waals surface area (Å²) in [5.74, 6) is 0.666. The van der Waals surface area contributed by atoms with Crippen molar-refractivity contribution in [3.05, 3.63) is 22.2 Å². The van der Waals surface area contributed by atoms with E-state index in [2.05, 4.69) is 16.9 Å². The predicted octanol–water partition coefficient (Wildman–Crippen LogP) is 2.13. The van der Waals surface area contributed by atoms with Crippen molar-refractivity contribution >= 4 is 11.6 Å². The highest BCUT2D eigenvalue weighted by Crippen LogP contribution is 2.22. The smallest absolute Gasteiger partial charge is 0.155 e. The third-order valence-corrected chi connectivity index (χ3v) is 2.71. The lowest BCUT2D eigenvalue weighted by atomic mass is 10.1. The number of nitrogens with zero attached hydrogens (tertiary/aromatic N) is 2. The van der Waals surface area contributed by atoms with Gasteiger partial charge in [-0.3, -0.25) is 0 Å². The second-order valence-corrected chi connectivity index (χ2v) is 4.07. The van der Waals surface area contributed by atoms with Crippen LogP contribution in [0.2, 0.25) is 5.15 Å². The summed E-state index contributed by atoms with van der Waals surface area (Å²) in [5, 5.41) is 0.500. The molecule has 0 unspecified atom stereocenters. The maximum atomic E-state index is 6.07. The van der Waals surface area contributed by atoms with Crippen LogP contribution in [0.25, 0.3) is 0 Å². The van der Waals surface area contributed by atoms with E-state index in [9.17, 15) is 0 Å². The number of fused-ring (bicyclic) bond motifs is 1. The van der Waals surface area contributed by atoms with Crippen LogP contribution >= 0.6 is 11.6 Å². The van der Waals surface area contributed by atoms with Crippen LogP contribution in [0.4, 0.5) is 0 Å². The lowest BCUT2D eigenvalue weighted by Crippen LogP contribution is -2.15. The van der Waals surface area contributed by atoms with Crippen LogP contribution in [0, 0.1) is 0 Å². The van der Waals surface area contributed by atoms with Crippen molar-refractivity contribution in [3.63, 3.8) is 0 Å². The molecule has 0 bridgehead atoms. The van der Waals surface area contributed by atoms with E-state index in [4.69, 9.17) is 21.1 Å². The van der Waals surface area contributed by atoms with Crippen molar-refractivity contribution in [2.75, 3.05) is 13.2 Å². The first-order chi connectivity index (χ1) is 7.81. The molecule has 4 nitrogen and oxygen atoms in total. The largest absolute Gasteiger partial charge is 0.376 e. The van der Waals surface area contributed by atoms with Crippen molar-refractivity contribution in [1.29, 1.82) is 0 Å². The third kappa shape index (κ3) is 2.70. The van der Waals surface area contributed by atoms with Crippen LogP contribution in [0.3, 0.4) is 0 Å². The molecule has 0 aromatic carbocycles. The van der Waals surface area contributed by atoms with Gasteiger partial charge in [-0.05, 0) is 6.42 Å². The first-order valence-corrected chi connectivity index (χ1v) is 5.88. The molecule has 0 saturated heterocycles. The number of halogens is 1. The van der Waals surface area contributed by atoms with E-state index in [1.165, 1.54) is 0 Å². The highest BCUT2D eigenvalue weighted by atomic mass is 35.5. The minimum absolute atomic E-state index is 0.432. The van der Waals surface area contributed by atoms with Gasteiger partial charge in [0.15, 0.2) is 5.82 Å². The zero-order valence-corrected chi connectivity index (χ0v) is 10.1. The molecule has 0 aliphatic carbocycles. The quantitative estimate of drug-likeness (QED) is 0.599. The van der Waals surface area contributed by atoms with Gasteiger partial charge in [-0.25, -0.2) is 9.97 Å². The molecule has 0 atom stereocenters. The third-order valence-electron chi connectivity index (χ3n) is 2.40. The maximum Gasteiger partial charge on any atom is 0.155 e. The second-order valence-electron chi connectivity index (χ2n) is 3.71. The van der Waals surface area contributed by atoms with Crippen molar-refractivity contribution in [3.8, 4) is 0 Å². The summed E-state index contributed by atoms with van der Waals surface area (Å²) < 4.78 is 10.7. The molecule has 1 aliphatic rings. The van der Waals surface area contributed by atoms with Crippen LogP contribution in [0.1, 0.15) is 30.4 Å². The Balaban J connectivity index is 2.12. The fraction of sp³-hybridized carbons (Fsp3) is 0.636. The zero-order chi connectivity index (χ0) is 11.4. The van der Waals surface area contributed by atoms with E-state index in [1.807, 2.05) is 0 Å². The minimum atomic E-state index is 0.432. The van der Waals surface area contributed by atoms with Crippen molar-refractivity contribution in [2.24, 2.45) is 0 Å². The number of rotatable bonds is 4. The van der Waals surface area contributed by atoms with Crippen LogP contribution in [-0.2, 0) is 29.1 Å². The molecule has 0 spiro atoms. The molecule has 0 amide bonds. The molecule has 1 aromatic heterocycles. The molecule has 0 fully saturated rings. The molecule has 2 rings (SSSR count). The van der Waals surface area contributed by atoms with Gasteiger partial charge in [0, 0.05) is 18.6 Å².